The second kappa shape index (κ2) is 18.7. The summed E-state index contributed by atoms with van der Waals surface area (Å²) < 4.78 is 0.385. The summed E-state index contributed by atoms with van der Waals surface area (Å²) in [6, 6.07) is 0. The Morgan fingerprint density at radius 2 is 1.64 bits per heavy atom. The van der Waals surface area contributed by atoms with Crippen LogP contribution >= 0.6 is 0 Å². The summed E-state index contributed by atoms with van der Waals surface area (Å²) in [4.78, 5) is 33.4. The third-order valence-corrected chi connectivity index (χ3v) is 4.53. The molecular formula is C19H34KN2O6+. The molecule has 0 bridgehead atoms. The van der Waals surface area contributed by atoms with Crippen LogP contribution in [0.3, 0.4) is 0 Å². The number of nitrogens with zero attached hydrogens (tertiary/aromatic N) is 1. The maximum atomic E-state index is 11.9. The zero-order chi connectivity index (χ0) is 20.5. The minimum Gasteiger partial charge on any atom is -0.550 e. The van der Waals surface area contributed by atoms with Crippen molar-refractivity contribution >= 4 is 17.8 Å². The van der Waals surface area contributed by atoms with Crippen LogP contribution in [0.1, 0.15) is 51.9 Å². The van der Waals surface area contributed by atoms with Crippen molar-refractivity contribution in [3.63, 3.8) is 0 Å². The second-order valence-electron chi connectivity index (χ2n) is 6.74. The van der Waals surface area contributed by atoms with Gasteiger partial charge in [-0.1, -0.05) is 12.2 Å². The summed E-state index contributed by atoms with van der Waals surface area (Å²) in [7, 11) is 0. The van der Waals surface area contributed by atoms with Gasteiger partial charge in [0.1, 0.15) is 6.54 Å². The van der Waals surface area contributed by atoms with E-state index in [1.807, 2.05) is 19.1 Å². The first-order chi connectivity index (χ1) is 12.8. The maximum Gasteiger partial charge on any atom is 1.00 e. The van der Waals surface area contributed by atoms with Crippen LogP contribution in [0.4, 0.5) is 0 Å². The molecule has 0 saturated heterocycles. The number of quaternary nitrogens is 1. The third kappa shape index (κ3) is 16.6. The van der Waals surface area contributed by atoms with Crippen molar-refractivity contribution in [1.82, 2.24) is 5.32 Å². The van der Waals surface area contributed by atoms with Crippen LogP contribution in [0.15, 0.2) is 12.2 Å². The Labute approximate surface area is 210 Å². The number of carbonyl (C=O) groups excluding carboxylic acids is 2. The van der Waals surface area contributed by atoms with Crippen LogP contribution in [-0.2, 0) is 14.4 Å². The first kappa shape index (κ1) is 29.9. The average Bonchev–Trinajstić information content (AvgIpc) is 2.58. The molecule has 0 fully saturated rings. The van der Waals surface area contributed by atoms with E-state index in [1.165, 1.54) is 0 Å². The van der Waals surface area contributed by atoms with E-state index in [1.54, 1.807) is 0 Å². The van der Waals surface area contributed by atoms with Gasteiger partial charge in [-0.25, -0.2) is 0 Å². The third-order valence-electron chi connectivity index (χ3n) is 4.53. The topological polar surface area (TPSA) is 127 Å². The molecule has 0 saturated carbocycles. The van der Waals surface area contributed by atoms with Crippen LogP contribution in [0, 0.1) is 0 Å². The molecule has 0 spiro atoms. The van der Waals surface area contributed by atoms with Crippen LogP contribution < -0.4 is 61.8 Å². The van der Waals surface area contributed by atoms with Crippen molar-refractivity contribution in [1.29, 1.82) is 0 Å². The predicted octanol–water partition coefficient (Wildman–Crippen LogP) is -2.94. The number of aliphatic carboxylic acids is 2. The number of carbonyl (C=O) groups is 3. The fraction of sp³-hybridized carbons (Fsp3) is 0.737. The molecule has 156 valence electrons. The SMILES string of the molecule is C/C=C/CCCC(=O)NCC[N+](CCO)(CCCC(=O)[O-])CCCC(=O)O.[K+]. The molecule has 0 heterocycles. The molecular weight excluding hydrogens is 391 g/mol. The van der Waals surface area contributed by atoms with Gasteiger partial charge in [0.05, 0.1) is 39.2 Å². The molecule has 1 unspecified atom stereocenters. The number of carboxylic acids is 2. The Morgan fingerprint density at radius 1 is 1.00 bits per heavy atom. The van der Waals surface area contributed by atoms with Crippen molar-refractivity contribution in [3.8, 4) is 0 Å². The van der Waals surface area contributed by atoms with Gasteiger partial charge in [-0.3, -0.25) is 9.59 Å². The van der Waals surface area contributed by atoms with E-state index in [2.05, 4.69) is 5.32 Å². The van der Waals surface area contributed by atoms with Crippen molar-refractivity contribution < 1.29 is 85.6 Å². The number of hydrogen-bond donors (Lipinski definition) is 3. The van der Waals surface area contributed by atoms with E-state index in [4.69, 9.17) is 5.11 Å². The fourth-order valence-corrected chi connectivity index (χ4v) is 3.08. The van der Waals surface area contributed by atoms with Gasteiger partial charge in [0, 0.05) is 25.2 Å². The van der Waals surface area contributed by atoms with E-state index in [-0.39, 0.29) is 76.7 Å². The number of hydrogen-bond acceptors (Lipinski definition) is 5. The first-order valence-electron chi connectivity index (χ1n) is 9.60. The van der Waals surface area contributed by atoms with E-state index < -0.39 is 11.9 Å². The van der Waals surface area contributed by atoms with Crippen LogP contribution in [0.2, 0.25) is 0 Å². The first-order valence-corrected chi connectivity index (χ1v) is 9.60. The zero-order valence-corrected chi connectivity index (χ0v) is 20.4. The number of aliphatic hydroxyl groups excluding tert-OH is 1. The van der Waals surface area contributed by atoms with Gasteiger partial charge in [-0.2, -0.15) is 0 Å². The minimum absolute atomic E-state index is 0. The Bertz CT molecular complexity index is 465. The van der Waals surface area contributed by atoms with E-state index >= 15 is 0 Å². The molecule has 1 atom stereocenters. The molecule has 3 N–H and O–H groups in total. The Balaban J connectivity index is 0. The van der Waals surface area contributed by atoms with Gasteiger partial charge in [-0.15, -0.1) is 0 Å². The predicted molar refractivity (Wildman–Crippen MR) is 99.6 cm³/mol. The number of aliphatic hydroxyl groups is 1. The van der Waals surface area contributed by atoms with Crippen molar-refractivity contribution in [2.24, 2.45) is 0 Å². The largest absolute Gasteiger partial charge is 1.00 e. The molecule has 1 amide bonds. The summed E-state index contributed by atoms with van der Waals surface area (Å²) in [5.74, 6) is -2.06. The number of unbranched alkanes of at least 4 members (excludes halogenated alkanes) is 1. The van der Waals surface area contributed by atoms with Gasteiger partial charge >= 0.3 is 57.4 Å². The van der Waals surface area contributed by atoms with Gasteiger partial charge in [-0.05, 0) is 26.2 Å². The molecule has 0 aromatic rings. The molecule has 0 radical (unpaired) electrons. The normalized spacial score (nSPS) is 12.9. The van der Waals surface area contributed by atoms with Crippen molar-refractivity contribution in [3.05, 3.63) is 12.2 Å². The number of allylic oxidation sites excluding steroid dienone is 2. The number of rotatable bonds is 17. The molecule has 28 heavy (non-hydrogen) atoms. The number of carboxylic acid groups (broad SMARTS) is 2. The zero-order valence-electron chi connectivity index (χ0n) is 17.3. The Morgan fingerprint density at radius 3 is 2.18 bits per heavy atom. The summed E-state index contributed by atoms with van der Waals surface area (Å²) >= 11 is 0. The van der Waals surface area contributed by atoms with Gasteiger partial charge in [0.25, 0.3) is 0 Å². The fourth-order valence-electron chi connectivity index (χ4n) is 3.08. The molecule has 0 aliphatic rings. The van der Waals surface area contributed by atoms with Crippen LogP contribution in [0.25, 0.3) is 0 Å². The molecule has 0 aromatic heterocycles. The molecule has 8 nitrogen and oxygen atoms in total. The summed E-state index contributed by atoms with van der Waals surface area (Å²) in [5, 5.41) is 31.9. The smallest absolute Gasteiger partial charge is 0.550 e. The van der Waals surface area contributed by atoms with Crippen molar-refractivity contribution in [2.45, 2.75) is 51.9 Å². The van der Waals surface area contributed by atoms with Crippen LogP contribution in [0.5, 0.6) is 0 Å². The van der Waals surface area contributed by atoms with Crippen molar-refractivity contribution in [2.75, 3.05) is 39.3 Å². The second-order valence-corrected chi connectivity index (χ2v) is 6.74. The number of amides is 1. The molecule has 9 heteroatoms. The van der Waals surface area contributed by atoms with Gasteiger partial charge in [0.15, 0.2) is 0 Å². The standard InChI is InChI=1S/C19H34N2O6.K/c1-2-3-4-5-8-17(23)20-11-14-21(15-16-22,12-6-9-18(24)25)13-7-10-19(26)27;/h2-3,22H,4-16H2,1H3,(H2-,20,23,24,25,26,27);/q;+1/b3-2+;. The molecule has 0 aromatic carbocycles. The quantitative estimate of drug-likeness (QED) is 0.0990. The van der Waals surface area contributed by atoms with Gasteiger partial charge in [0.2, 0.25) is 5.91 Å². The summed E-state index contributed by atoms with van der Waals surface area (Å²) in [5.41, 5.74) is 0. The average molecular weight is 426 g/mol. The molecule has 0 aliphatic carbocycles. The molecule has 0 aliphatic heterocycles. The van der Waals surface area contributed by atoms with E-state index in [0.29, 0.717) is 56.5 Å². The van der Waals surface area contributed by atoms with Crippen LogP contribution in [-0.4, -0.2) is 71.9 Å². The number of nitrogens with one attached hydrogen (secondary N) is 1. The van der Waals surface area contributed by atoms with E-state index in [0.717, 1.165) is 12.8 Å². The van der Waals surface area contributed by atoms with E-state index in [9.17, 15) is 24.6 Å². The Hall–Kier alpha value is -0.294. The monoisotopic (exact) mass is 425 g/mol. The summed E-state index contributed by atoms with van der Waals surface area (Å²) in [6.45, 7) is 4.17. The van der Waals surface area contributed by atoms with Gasteiger partial charge < -0.3 is 29.9 Å². The Kier molecular flexibility index (Phi) is 20.0. The maximum absolute atomic E-state index is 11.9. The minimum atomic E-state index is -1.13. The molecule has 0 rings (SSSR count). The summed E-state index contributed by atoms with van der Waals surface area (Å²) in [6.07, 6.45) is 6.77.